The lowest BCUT2D eigenvalue weighted by molar-refractivity contribution is -0.141. The third-order valence-electron chi connectivity index (χ3n) is 2.92. The van der Waals surface area contributed by atoms with Gasteiger partial charge in [-0.15, -0.1) is 0 Å². The van der Waals surface area contributed by atoms with Gasteiger partial charge in [-0.3, -0.25) is 0 Å². The van der Waals surface area contributed by atoms with Crippen molar-refractivity contribution in [2.45, 2.75) is 17.2 Å². The van der Waals surface area contributed by atoms with Crippen LogP contribution in [0.25, 0.3) is 11.4 Å². The maximum Gasteiger partial charge on any atom is 0.433 e. The highest BCUT2D eigenvalue weighted by atomic mass is 79.9. The highest BCUT2D eigenvalue weighted by molar-refractivity contribution is 9.10. The number of H-pyrrole nitrogens is 1. The Balaban J connectivity index is 2.72. The molecule has 0 aliphatic heterocycles. The molecule has 24 heavy (non-hydrogen) atoms. The molecule has 12 heteroatoms. The van der Waals surface area contributed by atoms with Crippen LogP contribution in [0.2, 0.25) is 0 Å². The summed E-state index contributed by atoms with van der Waals surface area (Å²) >= 11 is 2.53. The number of imidazole rings is 1. The van der Waals surface area contributed by atoms with Gasteiger partial charge in [0.2, 0.25) is 0 Å². The van der Waals surface area contributed by atoms with E-state index in [2.05, 4.69) is 20.9 Å². The van der Waals surface area contributed by atoms with E-state index < -0.39 is 54.3 Å². The Labute approximate surface area is 139 Å². The molecule has 132 valence electrons. The predicted molar refractivity (Wildman–Crippen MR) is 74.8 cm³/mol. The van der Waals surface area contributed by atoms with Crippen LogP contribution < -0.4 is 0 Å². The van der Waals surface area contributed by atoms with Crippen molar-refractivity contribution in [1.29, 1.82) is 0 Å². The minimum atomic E-state index is -4.99. The number of sulfone groups is 1. The molecule has 0 aliphatic rings. The fraction of sp³-hybridized carbons (Fsp3) is 0.250. The van der Waals surface area contributed by atoms with Gasteiger partial charge in [-0.05, 0) is 34.1 Å². The van der Waals surface area contributed by atoms with Crippen LogP contribution in [0, 0.1) is 0 Å². The Kier molecular flexibility index (Phi) is 4.50. The first kappa shape index (κ1) is 18.8. The molecule has 1 N–H and O–H groups in total. The number of nitrogens with one attached hydrogen (secondary N) is 1. The predicted octanol–water partition coefficient (Wildman–Crippen LogP) is 4.28. The standard InChI is InChI=1S/C12H7BrF6N2O2S/c1-24(22,23)5-2-3-6(7(4-5)11(14,15)16)10-20-8(9(13)21-10)12(17,18)19/h2-4H,1H3,(H,20,21). The van der Waals surface area contributed by atoms with Gasteiger partial charge in [-0.2, -0.15) is 26.3 Å². The zero-order valence-electron chi connectivity index (χ0n) is 11.5. The van der Waals surface area contributed by atoms with Gasteiger partial charge in [-0.25, -0.2) is 13.4 Å². The number of hydrogen-bond acceptors (Lipinski definition) is 3. The maximum absolute atomic E-state index is 13.2. The van der Waals surface area contributed by atoms with Crippen LogP contribution >= 0.6 is 15.9 Å². The average Bonchev–Trinajstić information content (AvgIpc) is 2.78. The number of benzene rings is 1. The van der Waals surface area contributed by atoms with Gasteiger partial charge in [0.25, 0.3) is 0 Å². The zero-order chi connectivity index (χ0) is 18.5. The lowest BCUT2D eigenvalue weighted by Gasteiger charge is -2.13. The first-order chi connectivity index (χ1) is 10.7. The molecule has 0 amide bonds. The molecule has 0 atom stereocenters. The molecule has 0 saturated heterocycles. The Morgan fingerprint density at radius 1 is 1.08 bits per heavy atom. The van der Waals surface area contributed by atoms with Gasteiger partial charge in [0, 0.05) is 11.8 Å². The molecule has 0 radical (unpaired) electrons. The first-order valence-corrected chi connectivity index (χ1v) is 8.64. The van der Waals surface area contributed by atoms with E-state index in [0.717, 1.165) is 12.1 Å². The summed E-state index contributed by atoms with van der Waals surface area (Å²) in [5, 5.41) is 0. The van der Waals surface area contributed by atoms with Gasteiger partial charge >= 0.3 is 12.4 Å². The van der Waals surface area contributed by atoms with Crippen molar-refractivity contribution >= 4 is 25.8 Å². The minimum absolute atomic E-state index is 0.356. The summed E-state index contributed by atoms with van der Waals surface area (Å²) in [6.07, 6.45) is -9.13. The molecule has 0 unspecified atom stereocenters. The van der Waals surface area contributed by atoms with Gasteiger partial charge < -0.3 is 4.98 Å². The SMILES string of the molecule is CS(=O)(=O)c1ccc(-c2nc(Br)c(C(F)(F)F)[nH]2)c(C(F)(F)F)c1. The van der Waals surface area contributed by atoms with Crippen LogP contribution in [-0.2, 0) is 22.2 Å². The van der Waals surface area contributed by atoms with Crippen molar-refractivity contribution in [2.24, 2.45) is 0 Å². The molecule has 0 saturated carbocycles. The van der Waals surface area contributed by atoms with E-state index >= 15 is 0 Å². The van der Waals surface area contributed by atoms with Crippen molar-refractivity contribution in [3.8, 4) is 11.4 Å². The number of halogens is 7. The second-order valence-electron chi connectivity index (χ2n) is 4.73. The second kappa shape index (κ2) is 5.76. The van der Waals surface area contributed by atoms with Gasteiger partial charge in [0.05, 0.1) is 10.5 Å². The van der Waals surface area contributed by atoms with E-state index in [1.165, 1.54) is 0 Å². The Bertz CT molecular complexity index is 886. The maximum atomic E-state index is 13.2. The summed E-state index contributed by atoms with van der Waals surface area (Å²) in [7, 11) is -3.93. The van der Waals surface area contributed by atoms with Crippen molar-refractivity contribution < 1.29 is 34.8 Å². The Morgan fingerprint density at radius 2 is 1.67 bits per heavy atom. The molecule has 4 nitrogen and oxygen atoms in total. The molecule has 2 aromatic rings. The van der Waals surface area contributed by atoms with E-state index in [1.807, 2.05) is 0 Å². The number of nitrogens with zero attached hydrogens (tertiary/aromatic N) is 1. The van der Waals surface area contributed by atoms with E-state index in [4.69, 9.17) is 0 Å². The van der Waals surface area contributed by atoms with Crippen molar-refractivity contribution in [2.75, 3.05) is 6.26 Å². The van der Waals surface area contributed by atoms with Crippen LogP contribution in [0.5, 0.6) is 0 Å². The zero-order valence-corrected chi connectivity index (χ0v) is 14.0. The van der Waals surface area contributed by atoms with Crippen LogP contribution in [-0.4, -0.2) is 24.6 Å². The van der Waals surface area contributed by atoms with E-state index in [1.54, 1.807) is 4.98 Å². The van der Waals surface area contributed by atoms with Crippen molar-refractivity contribution in [1.82, 2.24) is 9.97 Å². The molecule has 0 spiro atoms. The Morgan fingerprint density at radius 3 is 2.08 bits per heavy atom. The van der Waals surface area contributed by atoms with Crippen LogP contribution in [0.15, 0.2) is 27.7 Å². The third-order valence-corrected chi connectivity index (χ3v) is 4.61. The smallest absolute Gasteiger partial charge is 0.333 e. The molecule has 2 rings (SSSR count). The van der Waals surface area contributed by atoms with Crippen molar-refractivity contribution in [3.05, 3.63) is 34.1 Å². The highest BCUT2D eigenvalue weighted by Gasteiger charge is 2.39. The molecular formula is C12H7BrF6N2O2S. The molecule has 1 aromatic carbocycles. The lowest BCUT2D eigenvalue weighted by Crippen LogP contribution is -2.10. The van der Waals surface area contributed by atoms with Crippen molar-refractivity contribution in [3.63, 3.8) is 0 Å². The van der Waals surface area contributed by atoms with Gasteiger partial charge in [0.15, 0.2) is 15.5 Å². The second-order valence-corrected chi connectivity index (χ2v) is 7.49. The van der Waals surface area contributed by atoms with Gasteiger partial charge in [0.1, 0.15) is 10.4 Å². The molecule has 1 heterocycles. The minimum Gasteiger partial charge on any atom is -0.333 e. The number of alkyl halides is 6. The number of hydrogen-bond donors (Lipinski definition) is 1. The lowest BCUT2D eigenvalue weighted by atomic mass is 10.1. The van der Waals surface area contributed by atoms with Crippen LogP contribution in [0.3, 0.4) is 0 Å². The van der Waals surface area contributed by atoms with Gasteiger partial charge in [-0.1, -0.05) is 0 Å². The summed E-state index contributed by atoms with van der Waals surface area (Å²) < 4.78 is 99.8. The summed E-state index contributed by atoms with van der Waals surface area (Å²) in [4.78, 5) is 4.57. The molecular weight excluding hydrogens is 430 g/mol. The summed E-state index contributed by atoms with van der Waals surface area (Å²) in [6, 6.07) is 1.97. The van der Waals surface area contributed by atoms with E-state index in [9.17, 15) is 34.8 Å². The molecule has 0 aliphatic carbocycles. The number of aromatic amines is 1. The van der Waals surface area contributed by atoms with Crippen LogP contribution in [0.1, 0.15) is 11.3 Å². The monoisotopic (exact) mass is 436 g/mol. The van der Waals surface area contributed by atoms with E-state index in [0.29, 0.717) is 12.3 Å². The topological polar surface area (TPSA) is 62.8 Å². The summed E-state index contributed by atoms with van der Waals surface area (Å²) in [5.41, 5.74) is -3.47. The largest absolute Gasteiger partial charge is 0.433 e. The summed E-state index contributed by atoms with van der Waals surface area (Å²) in [5.74, 6) is -0.693. The molecule has 0 fully saturated rings. The highest BCUT2D eigenvalue weighted by Crippen LogP contribution is 2.40. The average molecular weight is 437 g/mol. The molecule has 1 aromatic heterocycles. The Hall–Kier alpha value is -1.56. The molecule has 0 bridgehead atoms. The van der Waals surface area contributed by atoms with E-state index in [-0.39, 0.29) is 0 Å². The fourth-order valence-electron chi connectivity index (χ4n) is 1.86. The normalized spacial score (nSPS) is 13.3. The first-order valence-electron chi connectivity index (χ1n) is 5.95. The third kappa shape index (κ3) is 3.74. The quantitative estimate of drug-likeness (QED) is 0.714. The fourth-order valence-corrected chi connectivity index (χ4v) is 3.01. The summed E-state index contributed by atoms with van der Waals surface area (Å²) in [6.45, 7) is 0. The number of rotatable bonds is 2. The van der Waals surface area contributed by atoms with Crippen LogP contribution in [0.4, 0.5) is 26.3 Å². The number of aromatic nitrogens is 2.